The van der Waals surface area contributed by atoms with Crippen molar-refractivity contribution in [3.8, 4) is 0 Å². The molecule has 1 heterocycles. The number of hydrogen-bond donors (Lipinski definition) is 2. The molecule has 0 bridgehead atoms. The Bertz CT molecular complexity index is 390. The Hall–Kier alpha value is -1.07. The highest BCUT2D eigenvalue weighted by Crippen LogP contribution is 2.15. The van der Waals surface area contributed by atoms with E-state index in [9.17, 15) is 9.18 Å². The van der Waals surface area contributed by atoms with Crippen LogP contribution in [0.3, 0.4) is 0 Å². The van der Waals surface area contributed by atoms with Crippen LogP contribution in [0.15, 0.2) is 24.3 Å². The zero-order chi connectivity index (χ0) is 12.8. The summed E-state index contributed by atoms with van der Waals surface area (Å²) < 4.78 is 15.6. The number of rotatable bonds is 4. The first-order valence-electron chi connectivity index (χ1n) is 6.12. The quantitative estimate of drug-likeness (QED) is 0.822. The highest BCUT2D eigenvalue weighted by Gasteiger charge is 2.20. The molecule has 18 heavy (non-hydrogen) atoms. The summed E-state index contributed by atoms with van der Waals surface area (Å²) in [5, 5.41) is 3.23. The van der Waals surface area contributed by atoms with E-state index in [1.165, 1.54) is 24.1 Å². The average Bonchev–Trinajstić information content (AvgIpc) is 2.42. The lowest BCUT2D eigenvalue weighted by Crippen LogP contribution is -2.35. The molecule has 1 aliphatic heterocycles. The van der Waals surface area contributed by atoms with Gasteiger partial charge in [0.2, 0.25) is 5.91 Å². The van der Waals surface area contributed by atoms with E-state index < -0.39 is 0 Å². The fourth-order valence-corrected chi connectivity index (χ4v) is 2.68. The third-order valence-electron chi connectivity index (χ3n) is 3.03. The predicted octanol–water partition coefficient (Wildman–Crippen LogP) is 2.09. The van der Waals surface area contributed by atoms with Crippen molar-refractivity contribution in [1.82, 2.24) is 10.0 Å². The van der Waals surface area contributed by atoms with Crippen LogP contribution in [-0.4, -0.2) is 19.0 Å². The SMILES string of the molecule is O=C(NSCc1ccc(F)cc1)C1CCNCC1. The number of piperidine rings is 1. The van der Waals surface area contributed by atoms with E-state index in [2.05, 4.69) is 10.0 Å². The average molecular weight is 268 g/mol. The third-order valence-corrected chi connectivity index (χ3v) is 3.86. The van der Waals surface area contributed by atoms with Crippen LogP contribution >= 0.6 is 11.9 Å². The predicted molar refractivity (Wildman–Crippen MR) is 71.4 cm³/mol. The van der Waals surface area contributed by atoms with Crippen molar-refractivity contribution in [3.63, 3.8) is 0 Å². The molecule has 1 saturated heterocycles. The molecule has 5 heteroatoms. The van der Waals surface area contributed by atoms with Gasteiger partial charge < -0.3 is 5.32 Å². The summed E-state index contributed by atoms with van der Waals surface area (Å²) in [4.78, 5) is 11.8. The summed E-state index contributed by atoms with van der Waals surface area (Å²) in [5.74, 6) is 0.676. The van der Waals surface area contributed by atoms with E-state index in [1.54, 1.807) is 12.1 Å². The van der Waals surface area contributed by atoms with Crippen LogP contribution in [0.1, 0.15) is 18.4 Å². The first kappa shape index (κ1) is 13.4. The summed E-state index contributed by atoms with van der Waals surface area (Å²) in [7, 11) is 0. The molecular formula is C13H17FN2OS. The molecule has 3 nitrogen and oxygen atoms in total. The normalized spacial score (nSPS) is 16.5. The molecule has 1 fully saturated rings. The first-order valence-corrected chi connectivity index (χ1v) is 7.11. The number of hydrogen-bond acceptors (Lipinski definition) is 3. The summed E-state index contributed by atoms with van der Waals surface area (Å²) in [6, 6.07) is 6.34. The van der Waals surface area contributed by atoms with Gasteiger partial charge in [-0.2, -0.15) is 0 Å². The lowest BCUT2D eigenvalue weighted by atomic mass is 9.98. The van der Waals surface area contributed by atoms with Gasteiger partial charge in [-0.05, 0) is 55.6 Å². The van der Waals surface area contributed by atoms with Gasteiger partial charge in [-0.3, -0.25) is 9.52 Å². The Labute approximate surface area is 111 Å². The van der Waals surface area contributed by atoms with E-state index in [-0.39, 0.29) is 17.6 Å². The summed E-state index contributed by atoms with van der Waals surface area (Å²) in [6.45, 7) is 1.83. The molecule has 1 aromatic carbocycles. The Balaban J connectivity index is 1.71. The van der Waals surface area contributed by atoms with Crippen LogP contribution in [-0.2, 0) is 10.5 Å². The van der Waals surface area contributed by atoms with Gasteiger partial charge in [0.1, 0.15) is 5.82 Å². The van der Waals surface area contributed by atoms with Crippen molar-refractivity contribution in [2.24, 2.45) is 5.92 Å². The number of benzene rings is 1. The van der Waals surface area contributed by atoms with E-state index >= 15 is 0 Å². The van der Waals surface area contributed by atoms with Crippen molar-refractivity contribution >= 4 is 17.9 Å². The molecule has 2 N–H and O–H groups in total. The van der Waals surface area contributed by atoms with E-state index in [0.29, 0.717) is 5.75 Å². The maximum absolute atomic E-state index is 12.7. The molecule has 0 aromatic heterocycles. The first-order chi connectivity index (χ1) is 8.75. The van der Waals surface area contributed by atoms with Gasteiger partial charge >= 0.3 is 0 Å². The molecule has 0 saturated carbocycles. The zero-order valence-corrected chi connectivity index (χ0v) is 10.9. The number of carbonyl (C=O) groups is 1. The fraction of sp³-hybridized carbons (Fsp3) is 0.462. The maximum Gasteiger partial charge on any atom is 0.233 e. The Morgan fingerprint density at radius 3 is 2.67 bits per heavy atom. The molecule has 0 atom stereocenters. The van der Waals surface area contributed by atoms with E-state index in [4.69, 9.17) is 0 Å². The monoisotopic (exact) mass is 268 g/mol. The molecule has 1 aliphatic rings. The van der Waals surface area contributed by atoms with E-state index in [1.807, 2.05) is 0 Å². The second-order valence-corrected chi connectivity index (χ2v) is 5.19. The molecule has 0 spiro atoms. The number of carbonyl (C=O) groups excluding carboxylic acids is 1. The molecular weight excluding hydrogens is 251 g/mol. The summed E-state index contributed by atoms with van der Waals surface area (Å²) in [5.41, 5.74) is 1.01. The number of nitrogens with one attached hydrogen (secondary N) is 2. The maximum atomic E-state index is 12.7. The number of amides is 1. The van der Waals surface area contributed by atoms with Crippen molar-refractivity contribution in [1.29, 1.82) is 0 Å². The van der Waals surface area contributed by atoms with Gasteiger partial charge in [-0.1, -0.05) is 12.1 Å². The summed E-state index contributed by atoms with van der Waals surface area (Å²) >= 11 is 1.37. The zero-order valence-electron chi connectivity index (χ0n) is 10.1. The topological polar surface area (TPSA) is 41.1 Å². The minimum atomic E-state index is -0.234. The molecule has 0 radical (unpaired) electrons. The second kappa shape index (κ2) is 6.75. The molecule has 1 aromatic rings. The van der Waals surface area contributed by atoms with Crippen LogP contribution in [0, 0.1) is 11.7 Å². The standard InChI is InChI=1S/C13H17FN2OS/c14-12-3-1-10(2-4-12)9-18-16-13(17)11-5-7-15-8-6-11/h1-4,11,15H,5-9H2,(H,16,17). The van der Waals surface area contributed by atoms with Crippen LogP contribution in [0.4, 0.5) is 4.39 Å². The van der Waals surface area contributed by atoms with Gasteiger partial charge in [0.25, 0.3) is 0 Å². The van der Waals surface area contributed by atoms with Crippen LogP contribution < -0.4 is 10.0 Å². The van der Waals surface area contributed by atoms with Crippen molar-refractivity contribution in [2.75, 3.05) is 13.1 Å². The van der Waals surface area contributed by atoms with Crippen LogP contribution in [0.2, 0.25) is 0 Å². The highest BCUT2D eigenvalue weighted by atomic mass is 32.2. The van der Waals surface area contributed by atoms with Gasteiger partial charge in [0.05, 0.1) is 0 Å². The van der Waals surface area contributed by atoms with E-state index in [0.717, 1.165) is 31.5 Å². The van der Waals surface area contributed by atoms with Crippen molar-refractivity contribution < 1.29 is 9.18 Å². The lowest BCUT2D eigenvalue weighted by molar-refractivity contribution is -0.123. The number of halogens is 1. The molecule has 0 unspecified atom stereocenters. The van der Waals surface area contributed by atoms with Crippen LogP contribution in [0.25, 0.3) is 0 Å². The lowest BCUT2D eigenvalue weighted by Gasteiger charge is -2.21. The van der Waals surface area contributed by atoms with Crippen molar-refractivity contribution in [3.05, 3.63) is 35.6 Å². The smallest absolute Gasteiger partial charge is 0.233 e. The molecule has 1 amide bonds. The second-order valence-electron chi connectivity index (χ2n) is 4.41. The Morgan fingerprint density at radius 1 is 1.33 bits per heavy atom. The Morgan fingerprint density at radius 2 is 2.00 bits per heavy atom. The van der Waals surface area contributed by atoms with Gasteiger partial charge in [0, 0.05) is 11.7 Å². The van der Waals surface area contributed by atoms with Gasteiger partial charge in [-0.15, -0.1) is 0 Å². The fourth-order valence-electron chi connectivity index (χ4n) is 1.94. The van der Waals surface area contributed by atoms with Crippen molar-refractivity contribution in [2.45, 2.75) is 18.6 Å². The highest BCUT2D eigenvalue weighted by molar-refractivity contribution is 7.97. The molecule has 2 rings (SSSR count). The molecule has 98 valence electrons. The largest absolute Gasteiger partial charge is 0.317 e. The van der Waals surface area contributed by atoms with Gasteiger partial charge in [0.15, 0.2) is 0 Å². The minimum absolute atomic E-state index is 0.114. The van der Waals surface area contributed by atoms with Crippen LogP contribution in [0.5, 0.6) is 0 Å². The van der Waals surface area contributed by atoms with Gasteiger partial charge in [-0.25, -0.2) is 4.39 Å². The third kappa shape index (κ3) is 3.99. The Kier molecular flexibility index (Phi) is 5.01. The molecule has 0 aliphatic carbocycles. The summed E-state index contributed by atoms with van der Waals surface area (Å²) in [6.07, 6.45) is 1.81. The minimum Gasteiger partial charge on any atom is -0.317 e.